The first kappa shape index (κ1) is 63.1. The Kier molecular flexibility index (Phi) is 15.1. The summed E-state index contributed by atoms with van der Waals surface area (Å²) in [4.78, 5) is 7.74. The molecular weight excluding hydrogens is 1330 g/mol. The maximum atomic E-state index is 20.5. The third kappa shape index (κ3) is 10.2. The fourth-order valence-corrected chi connectivity index (χ4v) is 16.7. The van der Waals surface area contributed by atoms with Crippen molar-refractivity contribution in [3.8, 4) is 22.3 Å². The molecule has 496 valence electrons. The molecule has 0 aliphatic carbocycles. The molecule has 0 aromatic heterocycles. The highest BCUT2D eigenvalue weighted by atomic mass is 32.2. The van der Waals surface area contributed by atoms with Crippen LogP contribution in [0.2, 0.25) is 0 Å². The van der Waals surface area contributed by atoms with E-state index in [0.717, 1.165) is 64.3 Å². The number of para-hydroxylation sites is 7. The van der Waals surface area contributed by atoms with Crippen molar-refractivity contribution in [3.63, 3.8) is 0 Å². The Labute approximate surface area is 590 Å². The number of hydrogen-bond donors (Lipinski definition) is 0. The van der Waals surface area contributed by atoms with Crippen LogP contribution in [0, 0.1) is 40.7 Å². The molecule has 14 aromatic rings. The van der Waals surface area contributed by atoms with E-state index >= 15 is 43.9 Å². The topological polar surface area (TPSA) is 16.2 Å². The lowest BCUT2D eigenvalue weighted by Gasteiger charge is -2.46. The lowest BCUT2D eigenvalue weighted by atomic mass is 9.31. The Hall–Kier alpha value is -12.1. The van der Waals surface area contributed by atoms with Crippen LogP contribution in [0.5, 0.6) is 0 Å². The van der Waals surface area contributed by atoms with Crippen molar-refractivity contribution in [2.24, 2.45) is 0 Å². The largest absolute Gasteiger partial charge is 0.418 e. The average Bonchev–Trinajstić information content (AvgIpc) is 0.682. The van der Waals surface area contributed by atoms with Gasteiger partial charge in [-0.2, -0.15) is 13.2 Å². The highest BCUT2D eigenvalue weighted by Gasteiger charge is 2.51. The second-order valence-electron chi connectivity index (χ2n) is 25.5. The second kappa shape index (κ2) is 24.6. The molecule has 5 nitrogen and oxygen atoms in total. The number of hydrogen-bond acceptors (Lipinski definition) is 6. The second-order valence-corrected chi connectivity index (χ2v) is 26.5. The van der Waals surface area contributed by atoms with Crippen LogP contribution in [-0.2, 0) is 6.18 Å². The van der Waals surface area contributed by atoms with Crippen LogP contribution in [0.25, 0.3) is 22.3 Å². The van der Waals surface area contributed by atoms with Gasteiger partial charge in [0.2, 0.25) is 6.71 Å². The van der Waals surface area contributed by atoms with E-state index in [4.69, 9.17) is 0 Å². The number of fused-ring (bicyclic) bond motifs is 8. The summed E-state index contributed by atoms with van der Waals surface area (Å²) in [7, 11) is 0. The molecule has 4 aliphatic heterocycles. The minimum atomic E-state index is -5.11. The maximum Gasteiger partial charge on any atom is 0.418 e. The molecule has 18 heteroatoms. The summed E-state index contributed by atoms with van der Waals surface area (Å²) in [6, 6.07) is 80.9. The summed E-state index contributed by atoms with van der Waals surface area (Å²) >= 11 is 1.01. The van der Waals surface area contributed by atoms with Crippen LogP contribution >= 0.6 is 11.8 Å². The van der Waals surface area contributed by atoms with Crippen molar-refractivity contribution in [3.05, 3.63) is 344 Å². The van der Waals surface area contributed by atoms with Gasteiger partial charge in [-0.25, -0.2) is 30.7 Å². The molecule has 4 heterocycles. The first-order valence-electron chi connectivity index (χ1n) is 33.1. The SMILES string of the molecule is Fc1cccc(F)c1N(c1ccccc1)c1cc2c3c(c1)N(c1ccccc1C(F)(F)F)c1c(cc4c(c1F)Sc1cc(N(c5ccc(-c6ccccc6)cc5)c5cccc(-c6ccccc6)c5)cc5c1B4c1ccccc1N5c1c(F)cccc1F)B3c1ccccc1N2c1c(F)cccc1F. The summed E-state index contributed by atoms with van der Waals surface area (Å²) in [6.07, 6.45) is -5.11. The number of rotatable bonds is 11. The Bertz CT molecular complexity index is 5710. The van der Waals surface area contributed by atoms with Gasteiger partial charge in [0.1, 0.15) is 52.0 Å². The van der Waals surface area contributed by atoms with Crippen molar-refractivity contribution < 1.29 is 43.9 Å². The van der Waals surface area contributed by atoms with Crippen LogP contribution in [0.15, 0.2) is 307 Å². The molecule has 0 N–H and O–H groups in total. The van der Waals surface area contributed by atoms with E-state index in [1.54, 1.807) is 83.8 Å². The highest BCUT2D eigenvalue weighted by Crippen LogP contribution is 2.55. The third-order valence-electron chi connectivity index (χ3n) is 19.7. The number of halogens is 10. The minimum absolute atomic E-state index is 0.00248. The first-order valence-corrected chi connectivity index (χ1v) is 33.9. The van der Waals surface area contributed by atoms with Gasteiger partial charge in [-0.05, 0) is 171 Å². The Balaban J connectivity index is 0.944. The average molecular weight is 1380 g/mol. The van der Waals surface area contributed by atoms with Crippen LogP contribution in [0.4, 0.5) is 129 Å². The Morgan fingerprint density at radius 1 is 0.291 bits per heavy atom. The fraction of sp³-hybridized carbons (Fsp3) is 0.0118. The molecule has 14 aromatic carbocycles. The van der Waals surface area contributed by atoms with Crippen LogP contribution in [-0.4, -0.2) is 13.4 Å². The summed E-state index contributed by atoms with van der Waals surface area (Å²) < 4.78 is 172. The van der Waals surface area contributed by atoms with Gasteiger partial charge < -0.3 is 24.5 Å². The zero-order valence-electron chi connectivity index (χ0n) is 53.9. The summed E-state index contributed by atoms with van der Waals surface area (Å²) in [5, 5.41) is 0. The zero-order valence-corrected chi connectivity index (χ0v) is 54.7. The molecule has 0 bridgehead atoms. The van der Waals surface area contributed by atoms with Crippen molar-refractivity contribution >= 4 is 143 Å². The molecule has 0 spiro atoms. The van der Waals surface area contributed by atoms with E-state index in [0.29, 0.717) is 55.2 Å². The minimum Gasteiger partial charge on any atom is -0.310 e. The molecule has 0 fully saturated rings. The fourth-order valence-electron chi connectivity index (χ4n) is 15.5. The molecule has 0 unspecified atom stereocenters. The number of alkyl halides is 3. The van der Waals surface area contributed by atoms with E-state index in [-0.39, 0.29) is 55.6 Å². The summed E-state index contributed by atoms with van der Waals surface area (Å²) in [5.41, 5.74) is 4.77. The maximum absolute atomic E-state index is 20.5. The highest BCUT2D eigenvalue weighted by molar-refractivity contribution is 8.00. The van der Waals surface area contributed by atoms with E-state index in [1.807, 2.05) is 132 Å². The molecule has 18 rings (SSSR count). The molecule has 0 saturated carbocycles. The summed E-state index contributed by atoms with van der Waals surface area (Å²) in [5.74, 6) is -6.82. The van der Waals surface area contributed by atoms with Gasteiger partial charge in [-0.15, -0.1) is 0 Å². The van der Waals surface area contributed by atoms with Crippen LogP contribution in [0.3, 0.4) is 0 Å². The number of nitrogens with zero attached hydrogens (tertiary/aromatic N) is 5. The predicted molar refractivity (Wildman–Crippen MR) is 395 cm³/mol. The Morgan fingerprint density at radius 2 is 0.709 bits per heavy atom. The van der Waals surface area contributed by atoms with Crippen LogP contribution < -0.4 is 57.3 Å². The molecule has 0 saturated heterocycles. The van der Waals surface area contributed by atoms with E-state index in [2.05, 4.69) is 0 Å². The molecule has 0 atom stereocenters. The van der Waals surface area contributed by atoms with E-state index in [9.17, 15) is 0 Å². The van der Waals surface area contributed by atoms with Crippen molar-refractivity contribution in [1.82, 2.24) is 0 Å². The van der Waals surface area contributed by atoms with E-state index in [1.165, 1.54) is 75.4 Å². The first-order chi connectivity index (χ1) is 50.2. The standard InChI is InChI=1S/C85H49B2F10N5S/c88-64-31-17-32-65(89)81(64)99(54-25-8-3-9-26-54)57-45-73-77-74(46-57)101(82-66(90)33-18-34-67(82)91)71-38-14-11-29-60(71)86(77)62-49-63-84(79(94)80(62)100(73)70-37-13-10-28-59(70)85(95,96)97)103-76-48-58(47-75-78(76)87(63)61-30-12-15-39-72(61)102(75)83-68(92)35-19-36-69(83)93)98(55-42-40-52(41-43-55)50-20-4-1-5-21-50)56-27-16-24-53(44-56)51-22-6-2-7-23-51/h1-49H. The van der Waals surface area contributed by atoms with Gasteiger partial charge in [0.15, 0.2) is 5.82 Å². The summed E-state index contributed by atoms with van der Waals surface area (Å²) in [6.45, 7) is -2.14. The Morgan fingerprint density at radius 3 is 1.27 bits per heavy atom. The lowest BCUT2D eigenvalue weighted by Crippen LogP contribution is -2.65. The smallest absolute Gasteiger partial charge is 0.310 e. The zero-order chi connectivity index (χ0) is 70.1. The lowest BCUT2D eigenvalue weighted by molar-refractivity contribution is -0.137. The van der Waals surface area contributed by atoms with Crippen molar-refractivity contribution in [2.75, 3.05) is 24.5 Å². The monoisotopic (exact) mass is 1380 g/mol. The molecule has 4 aliphatic rings. The van der Waals surface area contributed by atoms with Crippen LogP contribution in [0.1, 0.15) is 5.56 Å². The molecule has 103 heavy (non-hydrogen) atoms. The van der Waals surface area contributed by atoms with Crippen molar-refractivity contribution in [2.45, 2.75) is 16.0 Å². The van der Waals surface area contributed by atoms with Gasteiger partial charge in [-0.1, -0.05) is 193 Å². The number of anilines is 15. The third-order valence-corrected chi connectivity index (χ3v) is 20.9. The van der Waals surface area contributed by atoms with Crippen molar-refractivity contribution in [1.29, 1.82) is 0 Å². The predicted octanol–water partition coefficient (Wildman–Crippen LogP) is 20.8. The normalized spacial score (nSPS) is 13.0. The van der Waals surface area contributed by atoms with Gasteiger partial charge in [0.25, 0.3) is 6.71 Å². The molecular formula is C85H49B2F10N5S. The van der Waals surface area contributed by atoms with E-state index < -0.39 is 82.9 Å². The van der Waals surface area contributed by atoms with Gasteiger partial charge in [0, 0.05) is 61.0 Å². The molecule has 0 amide bonds. The van der Waals surface area contributed by atoms with Gasteiger partial charge in [-0.3, -0.25) is 0 Å². The van der Waals surface area contributed by atoms with Gasteiger partial charge in [0.05, 0.1) is 22.6 Å². The quantitative estimate of drug-likeness (QED) is 0.0941. The molecule has 0 radical (unpaired) electrons. The number of benzene rings is 14. The van der Waals surface area contributed by atoms with Gasteiger partial charge >= 0.3 is 6.18 Å².